The summed E-state index contributed by atoms with van der Waals surface area (Å²) in [5.41, 5.74) is 2.31. The van der Waals surface area contributed by atoms with E-state index in [0.29, 0.717) is 32.2 Å². The van der Waals surface area contributed by atoms with Gasteiger partial charge in [0.1, 0.15) is 16.8 Å². The number of sulfone groups is 1. The number of morpholine rings is 1. The molecule has 2 aromatic rings. The lowest BCUT2D eigenvalue weighted by Gasteiger charge is -2.35. The highest BCUT2D eigenvalue weighted by molar-refractivity contribution is 7.91. The van der Waals surface area contributed by atoms with Crippen molar-refractivity contribution in [3.63, 3.8) is 0 Å². The first-order chi connectivity index (χ1) is 14.4. The Labute approximate surface area is 177 Å². The minimum absolute atomic E-state index is 0.0470. The van der Waals surface area contributed by atoms with E-state index in [1.165, 1.54) is 23.8 Å². The molecule has 0 aromatic heterocycles. The summed E-state index contributed by atoms with van der Waals surface area (Å²) in [6.45, 7) is 6.56. The minimum atomic E-state index is -3.74. The van der Waals surface area contributed by atoms with Gasteiger partial charge in [0.05, 0.1) is 25.4 Å². The van der Waals surface area contributed by atoms with Crippen molar-refractivity contribution in [3.05, 3.63) is 65.5 Å². The molecule has 1 aliphatic heterocycles. The molecule has 1 N–H and O–H groups in total. The number of benzene rings is 2. The summed E-state index contributed by atoms with van der Waals surface area (Å²) in [6, 6.07) is 13.5. The molecular weight excluding hydrogens is 405 g/mol. The van der Waals surface area contributed by atoms with Crippen LogP contribution in [0.15, 0.2) is 58.4 Å². The fraction of sp³-hybridized carbons (Fsp3) is 0.409. The Bertz CT molecular complexity index is 995. The average molecular weight is 434 g/mol. The van der Waals surface area contributed by atoms with E-state index in [2.05, 4.69) is 34.3 Å². The van der Waals surface area contributed by atoms with Gasteiger partial charge in [-0.05, 0) is 37.1 Å². The quantitative estimate of drug-likeness (QED) is 0.560. The van der Waals surface area contributed by atoms with Gasteiger partial charge in [-0.3, -0.25) is 4.99 Å². The van der Waals surface area contributed by atoms with E-state index in [0.717, 1.165) is 11.6 Å². The molecule has 30 heavy (non-hydrogen) atoms. The summed E-state index contributed by atoms with van der Waals surface area (Å²) in [4.78, 5) is 6.30. The zero-order chi connectivity index (χ0) is 21.6. The lowest BCUT2D eigenvalue weighted by molar-refractivity contribution is -0.00831. The number of aryl methyl sites for hydroxylation is 1. The van der Waals surface area contributed by atoms with Gasteiger partial charge in [0, 0.05) is 13.1 Å². The number of hydrogen-bond donors (Lipinski definition) is 1. The van der Waals surface area contributed by atoms with Crippen molar-refractivity contribution in [1.82, 2.24) is 10.2 Å². The third-order valence-electron chi connectivity index (χ3n) is 5.03. The van der Waals surface area contributed by atoms with Gasteiger partial charge < -0.3 is 15.0 Å². The molecule has 1 fully saturated rings. The van der Waals surface area contributed by atoms with E-state index >= 15 is 0 Å². The van der Waals surface area contributed by atoms with Crippen LogP contribution < -0.4 is 5.32 Å². The maximum absolute atomic E-state index is 13.9. The summed E-state index contributed by atoms with van der Waals surface area (Å²) in [6.07, 6.45) is -0.0778. The smallest absolute Gasteiger partial charge is 0.194 e. The van der Waals surface area contributed by atoms with Crippen molar-refractivity contribution in [1.29, 1.82) is 0 Å². The van der Waals surface area contributed by atoms with Gasteiger partial charge in [0.2, 0.25) is 0 Å². The van der Waals surface area contributed by atoms with Gasteiger partial charge in [-0.25, -0.2) is 12.8 Å². The Morgan fingerprint density at radius 2 is 1.97 bits per heavy atom. The number of guanidine groups is 1. The highest BCUT2D eigenvalue weighted by Crippen LogP contribution is 2.25. The van der Waals surface area contributed by atoms with Crippen LogP contribution in [0.4, 0.5) is 4.39 Å². The Morgan fingerprint density at radius 3 is 2.70 bits per heavy atom. The van der Waals surface area contributed by atoms with Crippen LogP contribution in [0.25, 0.3) is 0 Å². The molecule has 1 saturated heterocycles. The van der Waals surface area contributed by atoms with Crippen molar-refractivity contribution >= 4 is 15.8 Å². The topological polar surface area (TPSA) is 71.0 Å². The molecular formula is C22H28FN3O3S. The summed E-state index contributed by atoms with van der Waals surface area (Å²) in [5.74, 6) is -0.347. The van der Waals surface area contributed by atoms with Crippen LogP contribution in [0.1, 0.15) is 24.2 Å². The predicted molar refractivity (Wildman–Crippen MR) is 116 cm³/mol. The van der Waals surface area contributed by atoms with Crippen molar-refractivity contribution < 1.29 is 17.5 Å². The third-order valence-corrected chi connectivity index (χ3v) is 6.75. The standard InChI is InChI=1S/C22H28FN3O3S/c1-3-24-22(25-12-15-30(27,28)21-11-7-6-10-19(21)23)26-13-14-29-20(16-26)18-9-5-4-8-17(18)2/h4-11,20H,3,12-16H2,1-2H3,(H,24,25). The Balaban J connectivity index is 1.71. The molecule has 6 nitrogen and oxygen atoms in total. The summed E-state index contributed by atoms with van der Waals surface area (Å²) >= 11 is 0. The van der Waals surface area contributed by atoms with Crippen LogP contribution in [-0.4, -0.2) is 57.8 Å². The summed E-state index contributed by atoms with van der Waals surface area (Å²) in [7, 11) is -3.74. The summed E-state index contributed by atoms with van der Waals surface area (Å²) < 4.78 is 44.8. The Hall–Kier alpha value is -2.45. The zero-order valence-corrected chi connectivity index (χ0v) is 18.2. The molecule has 1 aliphatic rings. The second-order valence-electron chi connectivity index (χ2n) is 7.15. The number of halogens is 1. The predicted octanol–water partition coefficient (Wildman–Crippen LogP) is 2.95. The normalized spacial score (nSPS) is 17.8. The van der Waals surface area contributed by atoms with E-state index in [-0.39, 0.29) is 23.3 Å². The van der Waals surface area contributed by atoms with E-state index in [1.807, 2.05) is 19.1 Å². The van der Waals surface area contributed by atoms with E-state index in [4.69, 9.17) is 4.74 Å². The number of aliphatic imine (C=N–C) groups is 1. The van der Waals surface area contributed by atoms with Gasteiger partial charge in [-0.2, -0.15) is 0 Å². The lowest BCUT2D eigenvalue weighted by Crippen LogP contribution is -2.48. The molecule has 0 radical (unpaired) electrons. The third kappa shape index (κ3) is 5.37. The second-order valence-corrected chi connectivity index (χ2v) is 9.22. The highest BCUT2D eigenvalue weighted by atomic mass is 32.2. The molecule has 8 heteroatoms. The van der Waals surface area contributed by atoms with Gasteiger partial charge >= 0.3 is 0 Å². The fourth-order valence-corrected chi connectivity index (χ4v) is 4.68. The fourth-order valence-electron chi connectivity index (χ4n) is 3.48. The largest absolute Gasteiger partial charge is 0.370 e. The number of ether oxygens (including phenoxy) is 1. The molecule has 162 valence electrons. The Morgan fingerprint density at radius 1 is 1.23 bits per heavy atom. The lowest BCUT2D eigenvalue weighted by atomic mass is 10.0. The van der Waals surface area contributed by atoms with Crippen LogP contribution >= 0.6 is 0 Å². The molecule has 3 rings (SSSR count). The maximum atomic E-state index is 13.9. The van der Waals surface area contributed by atoms with Crippen LogP contribution in [0.5, 0.6) is 0 Å². The molecule has 0 bridgehead atoms. The molecule has 0 spiro atoms. The van der Waals surface area contributed by atoms with E-state index in [1.54, 1.807) is 0 Å². The monoisotopic (exact) mass is 433 g/mol. The van der Waals surface area contributed by atoms with Crippen LogP contribution in [0.2, 0.25) is 0 Å². The molecule has 0 amide bonds. The molecule has 0 aliphatic carbocycles. The van der Waals surface area contributed by atoms with E-state index in [9.17, 15) is 12.8 Å². The average Bonchev–Trinajstić information content (AvgIpc) is 2.74. The molecule has 2 aromatic carbocycles. The first kappa shape index (κ1) is 22.2. The number of nitrogens with one attached hydrogen (secondary N) is 1. The molecule has 1 heterocycles. The molecule has 1 atom stereocenters. The van der Waals surface area contributed by atoms with Gasteiger partial charge in [0.25, 0.3) is 0 Å². The van der Waals surface area contributed by atoms with Gasteiger partial charge in [-0.15, -0.1) is 0 Å². The molecule has 1 unspecified atom stereocenters. The number of nitrogens with zero attached hydrogens (tertiary/aromatic N) is 2. The molecule has 0 saturated carbocycles. The van der Waals surface area contributed by atoms with E-state index < -0.39 is 15.7 Å². The van der Waals surface area contributed by atoms with Crippen LogP contribution in [-0.2, 0) is 14.6 Å². The zero-order valence-electron chi connectivity index (χ0n) is 17.3. The van der Waals surface area contributed by atoms with Crippen molar-refractivity contribution in [3.8, 4) is 0 Å². The van der Waals surface area contributed by atoms with Crippen LogP contribution in [0.3, 0.4) is 0 Å². The second kappa shape index (κ2) is 10.0. The van der Waals surface area contributed by atoms with Crippen molar-refractivity contribution in [2.75, 3.05) is 38.5 Å². The highest BCUT2D eigenvalue weighted by Gasteiger charge is 2.25. The van der Waals surface area contributed by atoms with Gasteiger partial charge in [0.15, 0.2) is 15.8 Å². The number of rotatable bonds is 6. The first-order valence-electron chi connectivity index (χ1n) is 10.1. The first-order valence-corrected chi connectivity index (χ1v) is 11.7. The van der Waals surface area contributed by atoms with Crippen molar-refractivity contribution in [2.45, 2.75) is 24.8 Å². The van der Waals surface area contributed by atoms with Crippen LogP contribution in [0, 0.1) is 12.7 Å². The summed E-state index contributed by atoms with van der Waals surface area (Å²) in [5, 5.41) is 3.23. The Kier molecular flexibility index (Phi) is 7.44. The van der Waals surface area contributed by atoms with Gasteiger partial charge in [-0.1, -0.05) is 36.4 Å². The minimum Gasteiger partial charge on any atom is -0.370 e. The number of hydrogen-bond acceptors (Lipinski definition) is 4. The SMILES string of the molecule is CCNC(=NCCS(=O)(=O)c1ccccc1F)N1CCOC(c2ccccc2C)C1. The maximum Gasteiger partial charge on any atom is 0.194 e. The van der Waals surface area contributed by atoms with Crippen molar-refractivity contribution in [2.24, 2.45) is 4.99 Å².